The Bertz CT molecular complexity index is 917. The molecule has 1 aromatic heterocycles. The molecule has 1 atom stereocenters. The molecule has 4 rings (SSSR count). The Morgan fingerprint density at radius 3 is 3.00 bits per heavy atom. The molecular formula is C18H16N2O2S. The third kappa shape index (κ3) is 2.72. The minimum Gasteiger partial charge on any atom is -0.441 e. The Morgan fingerprint density at radius 1 is 1.26 bits per heavy atom. The molecular weight excluding hydrogens is 308 g/mol. The van der Waals surface area contributed by atoms with Crippen LogP contribution in [0.15, 0.2) is 45.7 Å². The summed E-state index contributed by atoms with van der Waals surface area (Å²) in [5.74, 6) is 0.657. The average Bonchev–Trinajstić information content (AvgIpc) is 3.08. The van der Waals surface area contributed by atoms with Gasteiger partial charge in [-0.15, -0.1) is 11.8 Å². The Morgan fingerprint density at radius 2 is 2.13 bits per heavy atom. The van der Waals surface area contributed by atoms with Crippen molar-refractivity contribution in [1.29, 1.82) is 0 Å². The van der Waals surface area contributed by atoms with Gasteiger partial charge in [-0.25, -0.2) is 4.98 Å². The van der Waals surface area contributed by atoms with Crippen molar-refractivity contribution >= 4 is 34.5 Å². The van der Waals surface area contributed by atoms with Crippen LogP contribution in [0.2, 0.25) is 0 Å². The van der Waals surface area contributed by atoms with Crippen molar-refractivity contribution < 1.29 is 9.21 Å². The lowest BCUT2D eigenvalue weighted by atomic mass is 10.1. The summed E-state index contributed by atoms with van der Waals surface area (Å²) in [6.07, 6.45) is 0.775. The van der Waals surface area contributed by atoms with E-state index in [1.54, 1.807) is 11.8 Å². The topological polar surface area (TPSA) is 55.1 Å². The van der Waals surface area contributed by atoms with Crippen LogP contribution >= 0.6 is 11.8 Å². The molecule has 3 aromatic rings. The van der Waals surface area contributed by atoms with Crippen molar-refractivity contribution in [2.75, 3.05) is 5.32 Å². The molecule has 5 heteroatoms. The molecule has 1 N–H and O–H groups in total. The van der Waals surface area contributed by atoms with Crippen LogP contribution in [-0.2, 0) is 11.2 Å². The molecule has 23 heavy (non-hydrogen) atoms. The van der Waals surface area contributed by atoms with Gasteiger partial charge in [0.25, 0.3) is 0 Å². The number of oxazole rings is 1. The monoisotopic (exact) mass is 324 g/mol. The Hall–Kier alpha value is -2.27. The first-order chi connectivity index (χ1) is 11.1. The first kappa shape index (κ1) is 14.3. The van der Waals surface area contributed by atoms with E-state index in [-0.39, 0.29) is 11.2 Å². The van der Waals surface area contributed by atoms with E-state index in [0.717, 1.165) is 23.2 Å². The SMILES string of the molecule is Cc1ccc2c(c1)SC(C(=O)Nc1ccc3oc(C)nc3c1)C2. The molecule has 0 saturated carbocycles. The van der Waals surface area contributed by atoms with Gasteiger partial charge in [-0.2, -0.15) is 0 Å². The van der Waals surface area contributed by atoms with E-state index >= 15 is 0 Å². The molecule has 0 saturated heterocycles. The van der Waals surface area contributed by atoms with Crippen LogP contribution in [0.4, 0.5) is 5.69 Å². The van der Waals surface area contributed by atoms with Gasteiger partial charge >= 0.3 is 0 Å². The smallest absolute Gasteiger partial charge is 0.238 e. The Labute approximate surface area is 138 Å². The molecule has 0 spiro atoms. The number of carbonyl (C=O) groups is 1. The molecule has 0 aliphatic carbocycles. The van der Waals surface area contributed by atoms with Crippen molar-refractivity contribution in [2.24, 2.45) is 0 Å². The van der Waals surface area contributed by atoms with Crippen molar-refractivity contribution in [3.63, 3.8) is 0 Å². The zero-order valence-corrected chi connectivity index (χ0v) is 13.7. The number of hydrogen-bond acceptors (Lipinski definition) is 4. The van der Waals surface area contributed by atoms with Gasteiger partial charge in [-0.1, -0.05) is 17.7 Å². The Balaban J connectivity index is 1.51. The summed E-state index contributed by atoms with van der Waals surface area (Å²) in [7, 11) is 0. The first-order valence-electron chi connectivity index (χ1n) is 7.53. The second-order valence-corrected chi connectivity index (χ2v) is 7.07. The van der Waals surface area contributed by atoms with Crippen LogP contribution in [0.3, 0.4) is 0 Å². The molecule has 0 fully saturated rings. The molecule has 4 nitrogen and oxygen atoms in total. The molecule has 1 unspecified atom stereocenters. The molecule has 2 heterocycles. The summed E-state index contributed by atoms with van der Waals surface area (Å²) < 4.78 is 5.45. The minimum atomic E-state index is -0.0819. The minimum absolute atomic E-state index is 0.0309. The molecule has 1 aliphatic rings. The fraction of sp³-hybridized carbons (Fsp3) is 0.222. The standard InChI is InChI=1S/C18H16N2O2S/c1-10-3-4-12-8-17(23-16(12)7-10)18(21)20-13-5-6-15-14(9-13)19-11(2)22-15/h3-7,9,17H,8H2,1-2H3,(H,20,21). The molecule has 1 amide bonds. The largest absolute Gasteiger partial charge is 0.441 e. The number of rotatable bonds is 2. The number of anilines is 1. The second-order valence-electron chi connectivity index (χ2n) is 5.83. The number of aromatic nitrogens is 1. The number of amides is 1. The molecule has 0 radical (unpaired) electrons. The number of carbonyl (C=O) groups excluding carboxylic acids is 1. The van der Waals surface area contributed by atoms with Crippen LogP contribution < -0.4 is 5.32 Å². The highest BCUT2D eigenvalue weighted by molar-refractivity contribution is 8.01. The van der Waals surface area contributed by atoms with Crippen LogP contribution in [0, 0.1) is 13.8 Å². The third-order valence-corrected chi connectivity index (χ3v) is 5.25. The average molecular weight is 324 g/mol. The van der Waals surface area contributed by atoms with Crippen molar-refractivity contribution in [1.82, 2.24) is 4.98 Å². The zero-order valence-electron chi connectivity index (χ0n) is 12.9. The van der Waals surface area contributed by atoms with Crippen molar-refractivity contribution in [2.45, 2.75) is 30.4 Å². The number of thioether (sulfide) groups is 1. The summed E-state index contributed by atoms with van der Waals surface area (Å²) in [5.41, 5.74) is 4.73. The maximum atomic E-state index is 12.5. The fourth-order valence-corrected chi connectivity index (χ4v) is 4.12. The van der Waals surface area contributed by atoms with Gasteiger partial charge in [0.2, 0.25) is 5.91 Å². The fourth-order valence-electron chi connectivity index (χ4n) is 2.82. The Kier molecular flexibility index (Phi) is 3.38. The lowest BCUT2D eigenvalue weighted by Gasteiger charge is -2.09. The summed E-state index contributed by atoms with van der Waals surface area (Å²) in [6, 6.07) is 11.9. The lowest BCUT2D eigenvalue weighted by molar-refractivity contribution is -0.115. The number of fused-ring (bicyclic) bond motifs is 2. The number of hydrogen-bond donors (Lipinski definition) is 1. The normalized spacial score (nSPS) is 16.5. The number of nitrogens with zero attached hydrogens (tertiary/aromatic N) is 1. The predicted molar refractivity (Wildman–Crippen MR) is 91.9 cm³/mol. The van der Waals surface area contributed by atoms with E-state index in [1.165, 1.54) is 16.0 Å². The van der Waals surface area contributed by atoms with E-state index in [2.05, 4.69) is 35.4 Å². The van der Waals surface area contributed by atoms with Gasteiger partial charge in [0.1, 0.15) is 5.52 Å². The highest BCUT2D eigenvalue weighted by Gasteiger charge is 2.28. The summed E-state index contributed by atoms with van der Waals surface area (Å²) >= 11 is 1.64. The van der Waals surface area contributed by atoms with Crippen molar-refractivity contribution in [3.05, 3.63) is 53.4 Å². The quantitative estimate of drug-likeness (QED) is 0.771. The van der Waals surface area contributed by atoms with E-state index < -0.39 is 0 Å². The van der Waals surface area contributed by atoms with E-state index in [9.17, 15) is 4.79 Å². The van der Waals surface area contributed by atoms with E-state index in [0.29, 0.717) is 5.89 Å². The summed E-state index contributed by atoms with van der Waals surface area (Å²) in [5, 5.41) is 2.91. The van der Waals surface area contributed by atoms with Gasteiger partial charge < -0.3 is 9.73 Å². The second kappa shape index (κ2) is 5.42. The highest BCUT2D eigenvalue weighted by atomic mass is 32.2. The van der Waals surface area contributed by atoms with Gasteiger partial charge in [0, 0.05) is 17.5 Å². The van der Waals surface area contributed by atoms with Gasteiger partial charge in [0.15, 0.2) is 11.5 Å². The molecule has 0 bridgehead atoms. The van der Waals surface area contributed by atoms with Crippen LogP contribution in [0.5, 0.6) is 0 Å². The molecule has 1 aliphatic heterocycles. The van der Waals surface area contributed by atoms with Crippen LogP contribution in [0.1, 0.15) is 17.0 Å². The predicted octanol–water partition coefficient (Wildman–Crippen LogP) is 4.10. The van der Waals surface area contributed by atoms with Gasteiger partial charge in [0.05, 0.1) is 5.25 Å². The van der Waals surface area contributed by atoms with E-state index in [4.69, 9.17) is 4.42 Å². The lowest BCUT2D eigenvalue weighted by Crippen LogP contribution is -2.24. The number of benzene rings is 2. The molecule has 2 aromatic carbocycles. The number of nitrogens with one attached hydrogen (secondary N) is 1. The summed E-state index contributed by atoms with van der Waals surface area (Å²) in [4.78, 5) is 18.0. The van der Waals surface area contributed by atoms with E-state index in [1.807, 2.05) is 25.1 Å². The highest BCUT2D eigenvalue weighted by Crippen LogP contribution is 2.38. The maximum absolute atomic E-state index is 12.5. The van der Waals surface area contributed by atoms with Crippen LogP contribution in [-0.4, -0.2) is 16.1 Å². The van der Waals surface area contributed by atoms with Gasteiger partial charge in [-0.3, -0.25) is 4.79 Å². The third-order valence-electron chi connectivity index (χ3n) is 3.95. The molecule has 116 valence electrons. The zero-order chi connectivity index (χ0) is 16.0. The first-order valence-corrected chi connectivity index (χ1v) is 8.41. The van der Waals surface area contributed by atoms with Crippen LogP contribution in [0.25, 0.3) is 11.1 Å². The van der Waals surface area contributed by atoms with Gasteiger partial charge in [-0.05, 0) is 43.2 Å². The summed E-state index contributed by atoms with van der Waals surface area (Å²) in [6.45, 7) is 3.88. The van der Waals surface area contributed by atoms with Crippen molar-refractivity contribution in [3.8, 4) is 0 Å². The number of aryl methyl sites for hydroxylation is 2. The maximum Gasteiger partial charge on any atom is 0.238 e.